The second-order valence-electron chi connectivity index (χ2n) is 7.35. The van der Waals surface area contributed by atoms with Crippen LogP contribution >= 0.6 is 0 Å². The van der Waals surface area contributed by atoms with Gasteiger partial charge in [0.05, 0.1) is 28.4 Å². The summed E-state index contributed by atoms with van der Waals surface area (Å²) in [7, 11) is 0. The predicted octanol–water partition coefficient (Wildman–Crippen LogP) is 3.02. The third kappa shape index (κ3) is 3.22. The fourth-order valence-electron chi connectivity index (χ4n) is 3.74. The Morgan fingerprint density at radius 1 is 1.03 bits per heavy atom. The summed E-state index contributed by atoms with van der Waals surface area (Å²) in [6.07, 6.45) is 8.28. The van der Waals surface area contributed by atoms with Crippen molar-refractivity contribution in [3.63, 3.8) is 0 Å². The molecule has 160 valence electrons. The van der Waals surface area contributed by atoms with E-state index in [1.54, 1.807) is 35.9 Å². The number of pyridine rings is 3. The summed E-state index contributed by atoms with van der Waals surface area (Å²) < 4.78 is 0. The van der Waals surface area contributed by atoms with Gasteiger partial charge in [0.1, 0.15) is 11.2 Å². The Kier molecular flexibility index (Phi) is 4.74. The number of hydrogen-bond acceptors (Lipinski definition) is 7. The molecule has 0 aliphatic rings. The first-order valence-electron chi connectivity index (χ1n) is 10.3. The van der Waals surface area contributed by atoms with Crippen LogP contribution in [0.4, 0.5) is 5.69 Å². The summed E-state index contributed by atoms with van der Waals surface area (Å²) in [4.78, 5) is 35.5. The van der Waals surface area contributed by atoms with E-state index in [-0.39, 0.29) is 5.91 Å². The summed E-state index contributed by atoms with van der Waals surface area (Å²) >= 11 is 0. The van der Waals surface area contributed by atoms with Crippen LogP contribution in [0, 0.1) is 0 Å². The Bertz CT molecular complexity index is 1450. The van der Waals surface area contributed by atoms with Gasteiger partial charge in [0.15, 0.2) is 11.5 Å². The van der Waals surface area contributed by atoms with E-state index in [1.165, 1.54) is 0 Å². The lowest BCUT2D eigenvalue weighted by molar-refractivity contribution is 0.0774. The van der Waals surface area contributed by atoms with E-state index in [9.17, 15) is 4.79 Å². The number of nitrogens with zero attached hydrogens (tertiary/aromatic N) is 6. The van der Waals surface area contributed by atoms with Crippen molar-refractivity contribution in [2.24, 2.45) is 0 Å². The number of imidazole rings is 1. The first-order valence-corrected chi connectivity index (χ1v) is 10.3. The standard InChI is InChI=1S/C22H21N9O/c1-3-31(4-2)22(32)16-10-25-11-17-18(16)28-21(27-17)19-15-6-13(8-26-20(15)30-29-19)12-5-14(23)9-24-7-12/h5-11H,3-4,23H2,1-2H3,(H,27,28)(H,26,29,30). The van der Waals surface area contributed by atoms with Crippen molar-refractivity contribution in [1.82, 2.24) is 40.0 Å². The molecule has 10 heteroatoms. The molecule has 0 atom stereocenters. The van der Waals surface area contributed by atoms with Gasteiger partial charge in [-0.15, -0.1) is 0 Å². The van der Waals surface area contributed by atoms with Gasteiger partial charge < -0.3 is 15.6 Å². The Morgan fingerprint density at radius 3 is 2.59 bits per heavy atom. The molecule has 0 radical (unpaired) electrons. The molecule has 0 aliphatic heterocycles. The third-order valence-corrected chi connectivity index (χ3v) is 5.41. The van der Waals surface area contributed by atoms with E-state index in [1.807, 2.05) is 26.0 Å². The van der Waals surface area contributed by atoms with Gasteiger partial charge in [0.25, 0.3) is 5.91 Å². The monoisotopic (exact) mass is 427 g/mol. The Balaban J connectivity index is 1.62. The summed E-state index contributed by atoms with van der Waals surface area (Å²) in [5.74, 6) is 0.451. The normalized spacial score (nSPS) is 11.3. The van der Waals surface area contributed by atoms with Crippen LogP contribution in [-0.2, 0) is 0 Å². The molecule has 5 heterocycles. The minimum atomic E-state index is -0.0984. The van der Waals surface area contributed by atoms with Crippen LogP contribution in [0.15, 0.2) is 43.1 Å². The number of anilines is 1. The Hall–Kier alpha value is -4.34. The van der Waals surface area contributed by atoms with Crippen LogP contribution in [-0.4, -0.2) is 59.0 Å². The van der Waals surface area contributed by atoms with Gasteiger partial charge in [0, 0.05) is 49.0 Å². The molecule has 10 nitrogen and oxygen atoms in total. The van der Waals surface area contributed by atoms with Gasteiger partial charge in [0.2, 0.25) is 0 Å². The molecule has 5 aromatic rings. The van der Waals surface area contributed by atoms with E-state index < -0.39 is 0 Å². The van der Waals surface area contributed by atoms with Crippen molar-refractivity contribution in [2.45, 2.75) is 13.8 Å². The zero-order valence-corrected chi connectivity index (χ0v) is 17.6. The van der Waals surface area contributed by atoms with Crippen molar-refractivity contribution in [2.75, 3.05) is 18.8 Å². The summed E-state index contributed by atoms with van der Waals surface area (Å²) in [5, 5.41) is 8.10. The lowest BCUT2D eigenvalue weighted by Crippen LogP contribution is -2.30. The molecule has 0 saturated carbocycles. The van der Waals surface area contributed by atoms with Gasteiger partial charge in [-0.3, -0.25) is 19.9 Å². The second kappa shape index (κ2) is 7.73. The maximum absolute atomic E-state index is 12.9. The molecule has 0 fully saturated rings. The smallest absolute Gasteiger partial charge is 0.257 e. The van der Waals surface area contributed by atoms with E-state index in [4.69, 9.17) is 10.7 Å². The Labute approximate surface area is 182 Å². The number of amides is 1. The number of nitrogens with two attached hydrogens (primary N) is 1. The largest absolute Gasteiger partial charge is 0.397 e. The average molecular weight is 427 g/mol. The number of H-pyrrole nitrogens is 2. The molecule has 5 aromatic heterocycles. The quantitative estimate of drug-likeness (QED) is 0.391. The fraction of sp³-hybridized carbons (Fsp3) is 0.182. The summed E-state index contributed by atoms with van der Waals surface area (Å²) in [6, 6.07) is 3.80. The molecule has 0 bridgehead atoms. The zero-order chi connectivity index (χ0) is 22.2. The first-order chi connectivity index (χ1) is 15.6. The highest BCUT2D eigenvalue weighted by atomic mass is 16.2. The Morgan fingerprint density at radius 2 is 1.81 bits per heavy atom. The fourth-order valence-corrected chi connectivity index (χ4v) is 3.74. The van der Waals surface area contributed by atoms with Gasteiger partial charge in [-0.25, -0.2) is 9.97 Å². The third-order valence-electron chi connectivity index (χ3n) is 5.41. The number of aromatic nitrogens is 7. The SMILES string of the molecule is CCN(CC)C(=O)c1cncc2[nH]c(-c3[nH]nc4ncc(-c5cncc(N)c5)cc34)nc12. The van der Waals surface area contributed by atoms with Crippen LogP contribution in [0.5, 0.6) is 0 Å². The van der Waals surface area contributed by atoms with Gasteiger partial charge in [-0.05, 0) is 26.0 Å². The molecule has 32 heavy (non-hydrogen) atoms. The van der Waals surface area contributed by atoms with E-state index in [0.29, 0.717) is 52.5 Å². The van der Waals surface area contributed by atoms with E-state index >= 15 is 0 Å². The summed E-state index contributed by atoms with van der Waals surface area (Å²) in [5.41, 5.74) is 11.1. The van der Waals surface area contributed by atoms with Gasteiger partial charge >= 0.3 is 0 Å². The van der Waals surface area contributed by atoms with E-state index in [2.05, 4.69) is 30.1 Å². The van der Waals surface area contributed by atoms with Crippen molar-refractivity contribution in [1.29, 1.82) is 0 Å². The van der Waals surface area contributed by atoms with Gasteiger partial charge in [-0.1, -0.05) is 0 Å². The maximum Gasteiger partial charge on any atom is 0.257 e. The van der Waals surface area contributed by atoms with Crippen molar-refractivity contribution in [3.05, 3.63) is 48.7 Å². The highest BCUT2D eigenvalue weighted by Gasteiger charge is 2.20. The van der Waals surface area contributed by atoms with Crippen LogP contribution in [0.25, 0.3) is 44.7 Å². The second-order valence-corrected chi connectivity index (χ2v) is 7.35. The molecule has 1 amide bonds. The van der Waals surface area contributed by atoms with Crippen molar-refractivity contribution < 1.29 is 4.79 Å². The molecule has 0 aliphatic carbocycles. The number of fused-ring (bicyclic) bond motifs is 2. The minimum absolute atomic E-state index is 0.0984. The molecular formula is C22H21N9O. The molecule has 5 rings (SSSR count). The number of nitrogen functional groups attached to an aromatic ring is 1. The van der Waals surface area contributed by atoms with E-state index in [0.717, 1.165) is 16.5 Å². The summed E-state index contributed by atoms with van der Waals surface area (Å²) in [6.45, 7) is 5.12. The van der Waals surface area contributed by atoms with Crippen LogP contribution in [0.3, 0.4) is 0 Å². The molecule has 0 spiro atoms. The predicted molar refractivity (Wildman–Crippen MR) is 122 cm³/mol. The number of hydrogen-bond donors (Lipinski definition) is 3. The van der Waals surface area contributed by atoms with Crippen molar-refractivity contribution in [3.8, 4) is 22.6 Å². The first kappa shape index (κ1) is 19.6. The number of nitrogens with one attached hydrogen (secondary N) is 2. The molecule has 0 unspecified atom stereocenters. The minimum Gasteiger partial charge on any atom is -0.397 e. The molecular weight excluding hydrogens is 406 g/mol. The lowest BCUT2D eigenvalue weighted by atomic mass is 10.1. The topological polar surface area (TPSA) is 142 Å². The average Bonchev–Trinajstić information content (AvgIpc) is 3.43. The number of carbonyl (C=O) groups is 1. The molecule has 4 N–H and O–H groups in total. The van der Waals surface area contributed by atoms with Crippen LogP contribution in [0.1, 0.15) is 24.2 Å². The molecule has 0 aromatic carbocycles. The molecule has 0 saturated heterocycles. The zero-order valence-electron chi connectivity index (χ0n) is 17.6. The highest BCUT2D eigenvalue weighted by Crippen LogP contribution is 2.30. The van der Waals surface area contributed by atoms with Crippen LogP contribution in [0.2, 0.25) is 0 Å². The number of carbonyl (C=O) groups excluding carboxylic acids is 1. The lowest BCUT2D eigenvalue weighted by Gasteiger charge is -2.18. The number of aromatic amines is 2. The van der Waals surface area contributed by atoms with Gasteiger partial charge in [-0.2, -0.15) is 5.10 Å². The van der Waals surface area contributed by atoms with Crippen LogP contribution < -0.4 is 5.73 Å². The maximum atomic E-state index is 12.9. The highest BCUT2D eigenvalue weighted by molar-refractivity contribution is 6.05. The van der Waals surface area contributed by atoms with Crippen molar-refractivity contribution >= 4 is 33.7 Å². The number of rotatable bonds is 5.